The highest BCUT2D eigenvalue weighted by Crippen LogP contribution is 2.24. The molecule has 7 heteroatoms. The highest BCUT2D eigenvalue weighted by molar-refractivity contribution is 7.92. The van der Waals surface area contributed by atoms with E-state index in [0.717, 1.165) is 0 Å². The molecule has 20 heavy (non-hydrogen) atoms. The Balaban J connectivity index is 2.43. The number of nitrogens with zero attached hydrogens (tertiary/aromatic N) is 2. The Kier molecular flexibility index (Phi) is 3.93. The summed E-state index contributed by atoms with van der Waals surface area (Å²) in [6.45, 7) is 1.75. The van der Waals surface area contributed by atoms with Gasteiger partial charge in [-0.2, -0.15) is 5.26 Å². The Morgan fingerprint density at radius 2 is 2.05 bits per heavy atom. The first-order valence-corrected chi connectivity index (χ1v) is 7.43. The average molecular weight is 308 g/mol. The van der Waals surface area contributed by atoms with E-state index in [-0.39, 0.29) is 15.5 Å². The number of nitriles is 1. The molecule has 102 valence electrons. The van der Waals surface area contributed by atoms with Crippen LogP contribution in [0.15, 0.2) is 41.4 Å². The van der Waals surface area contributed by atoms with Crippen molar-refractivity contribution >= 4 is 27.3 Å². The van der Waals surface area contributed by atoms with Crippen molar-refractivity contribution in [2.24, 2.45) is 0 Å². The van der Waals surface area contributed by atoms with Crippen LogP contribution in [0.1, 0.15) is 11.3 Å². The fourth-order valence-electron chi connectivity index (χ4n) is 1.60. The summed E-state index contributed by atoms with van der Waals surface area (Å²) >= 11 is 5.89. The second-order valence-corrected chi connectivity index (χ2v) is 6.11. The first kappa shape index (κ1) is 14.3. The smallest absolute Gasteiger partial charge is 0.263 e. The molecule has 0 saturated heterocycles. The van der Waals surface area contributed by atoms with Gasteiger partial charge in [-0.15, -0.1) is 0 Å². The second-order valence-electron chi connectivity index (χ2n) is 4.05. The SMILES string of the molecule is Cc1cc(NS(=O)(=O)c2cc(C#N)ccc2Cl)ccn1. The van der Waals surface area contributed by atoms with Gasteiger partial charge < -0.3 is 0 Å². The van der Waals surface area contributed by atoms with Crippen molar-refractivity contribution in [2.75, 3.05) is 4.72 Å². The lowest BCUT2D eigenvalue weighted by molar-refractivity contribution is 0.601. The molecule has 1 heterocycles. The predicted octanol–water partition coefficient (Wildman–Crippen LogP) is 2.72. The molecule has 0 radical (unpaired) electrons. The average Bonchev–Trinajstić information content (AvgIpc) is 2.38. The molecule has 2 rings (SSSR count). The molecule has 0 aliphatic heterocycles. The number of hydrogen-bond acceptors (Lipinski definition) is 4. The zero-order valence-electron chi connectivity index (χ0n) is 10.5. The van der Waals surface area contributed by atoms with E-state index in [1.807, 2.05) is 6.07 Å². The molecule has 0 saturated carbocycles. The van der Waals surface area contributed by atoms with Crippen LogP contribution in [0.4, 0.5) is 5.69 Å². The second kappa shape index (κ2) is 5.49. The van der Waals surface area contributed by atoms with Gasteiger partial charge in [-0.1, -0.05) is 11.6 Å². The van der Waals surface area contributed by atoms with Crippen LogP contribution in [0.3, 0.4) is 0 Å². The number of pyridine rings is 1. The standard InChI is InChI=1S/C13H10ClN3O2S/c1-9-6-11(4-5-16-9)17-20(18,19)13-7-10(8-15)2-3-12(13)14/h2-7H,1H3,(H,16,17). The Bertz CT molecular complexity index is 798. The fraction of sp³-hybridized carbons (Fsp3) is 0.0769. The van der Waals surface area contributed by atoms with E-state index in [1.54, 1.807) is 13.0 Å². The van der Waals surface area contributed by atoms with E-state index in [9.17, 15) is 8.42 Å². The van der Waals surface area contributed by atoms with Crippen molar-refractivity contribution in [3.05, 3.63) is 52.8 Å². The van der Waals surface area contributed by atoms with Crippen LogP contribution in [-0.4, -0.2) is 13.4 Å². The summed E-state index contributed by atoms with van der Waals surface area (Å²) in [7, 11) is -3.85. The van der Waals surface area contributed by atoms with Crippen LogP contribution in [0.2, 0.25) is 5.02 Å². The number of aryl methyl sites for hydroxylation is 1. The van der Waals surface area contributed by atoms with Crippen molar-refractivity contribution in [3.8, 4) is 6.07 Å². The Hall–Kier alpha value is -2.10. The number of benzene rings is 1. The van der Waals surface area contributed by atoms with Crippen molar-refractivity contribution < 1.29 is 8.42 Å². The molecular weight excluding hydrogens is 298 g/mol. The largest absolute Gasteiger partial charge is 0.279 e. The van der Waals surface area contributed by atoms with Gasteiger partial charge in [0.25, 0.3) is 10.0 Å². The molecule has 1 N–H and O–H groups in total. The minimum Gasteiger partial charge on any atom is -0.279 e. The number of nitrogens with one attached hydrogen (secondary N) is 1. The maximum absolute atomic E-state index is 12.3. The number of halogens is 1. The quantitative estimate of drug-likeness (QED) is 0.945. The summed E-state index contributed by atoms with van der Waals surface area (Å²) in [6, 6.07) is 9.08. The predicted molar refractivity (Wildman–Crippen MR) is 75.9 cm³/mol. The Morgan fingerprint density at radius 1 is 1.30 bits per heavy atom. The maximum atomic E-state index is 12.3. The summed E-state index contributed by atoms with van der Waals surface area (Å²) in [5.74, 6) is 0. The number of aromatic nitrogens is 1. The van der Waals surface area contributed by atoms with Gasteiger partial charge in [-0.05, 0) is 37.3 Å². The first-order chi connectivity index (χ1) is 9.42. The molecule has 0 aliphatic rings. The van der Waals surface area contributed by atoms with E-state index >= 15 is 0 Å². The number of sulfonamides is 1. The lowest BCUT2D eigenvalue weighted by Gasteiger charge is -2.10. The number of rotatable bonds is 3. The summed E-state index contributed by atoms with van der Waals surface area (Å²) < 4.78 is 27.0. The minimum absolute atomic E-state index is 0.0577. The van der Waals surface area contributed by atoms with E-state index in [4.69, 9.17) is 16.9 Å². The normalized spacial score (nSPS) is 10.8. The molecule has 5 nitrogen and oxygen atoms in total. The van der Waals surface area contributed by atoms with Gasteiger partial charge in [0.15, 0.2) is 0 Å². The molecule has 0 fully saturated rings. The van der Waals surface area contributed by atoms with Crippen LogP contribution in [0.5, 0.6) is 0 Å². The first-order valence-electron chi connectivity index (χ1n) is 5.57. The topological polar surface area (TPSA) is 82.9 Å². The fourth-order valence-corrected chi connectivity index (χ4v) is 3.17. The van der Waals surface area contributed by atoms with Gasteiger partial charge >= 0.3 is 0 Å². The molecule has 0 aliphatic carbocycles. The monoisotopic (exact) mass is 307 g/mol. The molecule has 0 spiro atoms. The van der Waals surface area contributed by atoms with Gasteiger partial charge in [-0.3, -0.25) is 9.71 Å². The van der Waals surface area contributed by atoms with Crippen molar-refractivity contribution in [1.82, 2.24) is 4.98 Å². The molecular formula is C13H10ClN3O2S. The summed E-state index contributed by atoms with van der Waals surface area (Å²) in [5, 5.41) is 8.89. The number of hydrogen-bond donors (Lipinski definition) is 1. The van der Waals surface area contributed by atoms with Crippen molar-refractivity contribution in [2.45, 2.75) is 11.8 Å². The molecule has 0 amide bonds. The molecule has 1 aromatic heterocycles. The molecule has 1 aromatic carbocycles. The van der Waals surface area contributed by atoms with E-state index < -0.39 is 10.0 Å². The molecule has 0 atom stereocenters. The summed E-state index contributed by atoms with van der Waals surface area (Å²) in [5.41, 5.74) is 1.29. The van der Waals surface area contributed by atoms with E-state index in [1.165, 1.54) is 30.5 Å². The maximum Gasteiger partial charge on any atom is 0.263 e. The van der Waals surface area contributed by atoms with Crippen LogP contribution in [0, 0.1) is 18.3 Å². The zero-order chi connectivity index (χ0) is 14.8. The lowest BCUT2D eigenvalue weighted by atomic mass is 10.2. The molecule has 0 unspecified atom stereocenters. The highest BCUT2D eigenvalue weighted by Gasteiger charge is 2.18. The van der Waals surface area contributed by atoms with Crippen LogP contribution >= 0.6 is 11.6 Å². The van der Waals surface area contributed by atoms with Crippen LogP contribution in [-0.2, 0) is 10.0 Å². The van der Waals surface area contributed by atoms with Crippen molar-refractivity contribution in [3.63, 3.8) is 0 Å². The number of anilines is 1. The summed E-state index contributed by atoms with van der Waals surface area (Å²) in [6.07, 6.45) is 1.50. The Labute approximate surface area is 121 Å². The molecule has 2 aromatic rings. The third-order valence-corrected chi connectivity index (χ3v) is 4.36. The third kappa shape index (κ3) is 3.07. The Morgan fingerprint density at radius 3 is 2.70 bits per heavy atom. The summed E-state index contributed by atoms with van der Waals surface area (Å²) in [4.78, 5) is 3.85. The van der Waals surface area contributed by atoms with Gasteiger partial charge in [0.05, 0.1) is 22.3 Å². The van der Waals surface area contributed by atoms with E-state index in [2.05, 4.69) is 9.71 Å². The highest BCUT2D eigenvalue weighted by atomic mass is 35.5. The van der Waals surface area contributed by atoms with Crippen molar-refractivity contribution in [1.29, 1.82) is 5.26 Å². The van der Waals surface area contributed by atoms with Crippen LogP contribution in [0.25, 0.3) is 0 Å². The lowest BCUT2D eigenvalue weighted by Crippen LogP contribution is -2.14. The van der Waals surface area contributed by atoms with Gasteiger partial charge in [-0.25, -0.2) is 8.42 Å². The van der Waals surface area contributed by atoms with E-state index in [0.29, 0.717) is 11.4 Å². The third-order valence-electron chi connectivity index (χ3n) is 2.50. The van der Waals surface area contributed by atoms with Gasteiger partial charge in [0.1, 0.15) is 4.90 Å². The minimum atomic E-state index is -3.85. The molecule has 0 bridgehead atoms. The zero-order valence-corrected chi connectivity index (χ0v) is 12.0. The van der Waals surface area contributed by atoms with Gasteiger partial charge in [0, 0.05) is 11.9 Å². The van der Waals surface area contributed by atoms with Crippen LogP contribution < -0.4 is 4.72 Å². The van der Waals surface area contributed by atoms with Gasteiger partial charge in [0.2, 0.25) is 0 Å².